The lowest BCUT2D eigenvalue weighted by Gasteiger charge is -2.25. The Bertz CT molecular complexity index is 764. The van der Waals surface area contributed by atoms with Crippen molar-refractivity contribution >= 4 is 10.9 Å². The summed E-state index contributed by atoms with van der Waals surface area (Å²) < 4.78 is 12.9. The van der Waals surface area contributed by atoms with Gasteiger partial charge in [0.05, 0.1) is 5.52 Å². The highest BCUT2D eigenvalue weighted by atomic mass is 19.1. The Morgan fingerprint density at radius 3 is 2.52 bits per heavy atom. The Hall–Kier alpha value is -2.30. The molecule has 0 saturated carbocycles. The number of pyridine rings is 1. The molecule has 21 heavy (non-hydrogen) atoms. The number of benzene rings is 2. The maximum Gasteiger partial charge on any atom is 0.145 e. The first-order valence-electron chi connectivity index (χ1n) is 6.66. The van der Waals surface area contributed by atoms with E-state index in [2.05, 4.69) is 4.98 Å². The number of fused-ring (bicyclic) bond motifs is 1. The van der Waals surface area contributed by atoms with Crippen LogP contribution in [0.4, 0.5) is 4.39 Å². The molecule has 4 heteroatoms. The Balaban J connectivity index is 2.01. The van der Waals surface area contributed by atoms with E-state index in [4.69, 9.17) is 5.73 Å². The highest BCUT2D eigenvalue weighted by Gasteiger charge is 2.26. The van der Waals surface area contributed by atoms with Gasteiger partial charge in [-0.3, -0.25) is 10.7 Å². The number of hydrogen-bond acceptors (Lipinski definition) is 3. The van der Waals surface area contributed by atoms with Gasteiger partial charge in [0.25, 0.3) is 0 Å². The molecule has 0 saturated heterocycles. The molecule has 3 rings (SSSR count). The van der Waals surface area contributed by atoms with Gasteiger partial charge < -0.3 is 5.11 Å². The topological polar surface area (TPSA) is 59.1 Å². The summed E-state index contributed by atoms with van der Waals surface area (Å²) in [6.45, 7) is 0. The Morgan fingerprint density at radius 2 is 1.76 bits per heavy atom. The minimum atomic E-state index is -1.56. The lowest BCUT2D eigenvalue weighted by Crippen LogP contribution is -2.39. The van der Waals surface area contributed by atoms with Gasteiger partial charge in [-0.15, -0.1) is 0 Å². The van der Waals surface area contributed by atoms with Crippen molar-refractivity contribution in [3.8, 4) is 0 Å². The Labute approximate surface area is 121 Å². The fourth-order valence-corrected chi connectivity index (χ4v) is 2.46. The SMILES string of the molecule is NC(O)(Cc1ccc(F)cc1)c1cccc2cccnc12. The fourth-order valence-electron chi connectivity index (χ4n) is 2.46. The average Bonchev–Trinajstić information content (AvgIpc) is 2.49. The first kappa shape index (κ1) is 13.7. The molecule has 1 aromatic heterocycles. The minimum Gasteiger partial charge on any atom is -0.371 e. The van der Waals surface area contributed by atoms with Crippen LogP contribution >= 0.6 is 0 Å². The molecule has 3 aromatic rings. The third-order valence-corrected chi connectivity index (χ3v) is 3.49. The van der Waals surface area contributed by atoms with Crippen LogP contribution in [0.5, 0.6) is 0 Å². The van der Waals surface area contributed by atoms with Crippen molar-refractivity contribution in [3.05, 3.63) is 77.7 Å². The second kappa shape index (κ2) is 5.24. The molecule has 0 aliphatic heterocycles. The molecule has 2 aromatic carbocycles. The van der Waals surface area contributed by atoms with E-state index in [1.807, 2.05) is 24.3 Å². The lowest BCUT2D eigenvalue weighted by molar-refractivity contribution is 0.0453. The zero-order chi connectivity index (χ0) is 14.9. The van der Waals surface area contributed by atoms with E-state index in [0.29, 0.717) is 11.1 Å². The van der Waals surface area contributed by atoms with Crippen LogP contribution in [0.25, 0.3) is 10.9 Å². The second-order valence-electron chi connectivity index (χ2n) is 5.11. The van der Waals surface area contributed by atoms with Gasteiger partial charge >= 0.3 is 0 Å². The van der Waals surface area contributed by atoms with Crippen LogP contribution in [0.3, 0.4) is 0 Å². The molecule has 0 aliphatic rings. The Kier molecular flexibility index (Phi) is 3.41. The number of para-hydroxylation sites is 1. The van der Waals surface area contributed by atoms with Crippen molar-refractivity contribution in [1.82, 2.24) is 4.98 Å². The van der Waals surface area contributed by atoms with Crippen molar-refractivity contribution in [2.45, 2.75) is 12.1 Å². The van der Waals surface area contributed by atoms with Crippen molar-refractivity contribution in [2.24, 2.45) is 5.73 Å². The van der Waals surface area contributed by atoms with Gasteiger partial charge in [0.15, 0.2) is 0 Å². The number of rotatable bonds is 3. The molecule has 0 aliphatic carbocycles. The lowest BCUT2D eigenvalue weighted by atomic mass is 9.93. The van der Waals surface area contributed by atoms with Crippen molar-refractivity contribution in [1.29, 1.82) is 0 Å². The number of aliphatic hydroxyl groups is 1. The number of hydrogen-bond donors (Lipinski definition) is 2. The van der Waals surface area contributed by atoms with E-state index < -0.39 is 5.72 Å². The van der Waals surface area contributed by atoms with Gasteiger partial charge in [-0.25, -0.2) is 4.39 Å². The maximum atomic E-state index is 12.9. The third-order valence-electron chi connectivity index (χ3n) is 3.49. The molecule has 0 bridgehead atoms. The van der Waals surface area contributed by atoms with E-state index in [0.717, 1.165) is 10.9 Å². The molecule has 1 heterocycles. The highest BCUT2D eigenvalue weighted by Crippen LogP contribution is 2.26. The molecular formula is C17H15FN2O. The summed E-state index contributed by atoms with van der Waals surface area (Å²) in [4.78, 5) is 4.30. The van der Waals surface area contributed by atoms with E-state index in [1.54, 1.807) is 24.4 Å². The monoisotopic (exact) mass is 282 g/mol. The van der Waals surface area contributed by atoms with Crippen molar-refractivity contribution < 1.29 is 9.50 Å². The predicted octanol–water partition coefficient (Wildman–Crippen LogP) is 2.72. The minimum absolute atomic E-state index is 0.183. The molecule has 106 valence electrons. The smallest absolute Gasteiger partial charge is 0.145 e. The van der Waals surface area contributed by atoms with Crippen molar-refractivity contribution in [2.75, 3.05) is 0 Å². The summed E-state index contributed by atoms with van der Waals surface area (Å²) in [5.74, 6) is -0.314. The first-order chi connectivity index (χ1) is 10.1. The number of aromatic nitrogens is 1. The summed E-state index contributed by atoms with van der Waals surface area (Å²) in [6, 6.07) is 15.2. The van der Waals surface area contributed by atoms with E-state index in [1.165, 1.54) is 12.1 Å². The van der Waals surface area contributed by atoms with Crippen LogP contribution in [0.1, 0.15) is 11.1 Å². The third kappa shape index (κ3) is 2.77. The highest BCUT2D eigenvalue weighted by molar-refractivity contribution is 5.82. The first-order valence-corrected chi connectivity index (χ1v) is 6.66. The van der Waals surface area contributed by atoms with Crippen molar-refractivity contribution in [3.63, 3.8) is 0 Å². The van der Waals surface area contributed by atoms with Crippen LogP contribution in [-0.4, -0.2) is 10.1 Å². The van der Waals surface area contributed by atoms with Crippen LogP contribution in [0.2, 0.25) is 0 Å². The van der Waals surface area contributed by atoms with Gasteiger partial charge in [0.1, 0.15) is 11.5 Å². The quantitative estimate of drug-likeness (QED) is 0.726. The van der Waals surface area contributed by atoms with Gasteiger partial charge in [0, 0.05) is 23.6 Å². The number of nitrogens with zero attached hydrogens (tertiary/aromatic N) is 1. The van der Waals surface area contributed by atoms with Gasteiger partial charge in [-0.2, -0.15) is 0 Å². The van der Waals surface area contributed by atoms with E-state index >= 15 is 0 Å². The van der Waals surface area contributed by atoms with Crippen LogP contribution < -0.4 is 5.73 Å². The molecular weight excluding hydrogens is 267 g/mol. The van der Waals surface area contributed by atoms with Crippen LogP contribution in [0.15, 0.2) is 60.8 Å². The van der Waals surface area contributed by atoms with E-state index in [9.17, 15) is 9.50 Å². The summed E-state index contributed by atoms with van der Waals surface area (Å²) >= 11 is 0. The zero-order valence-corrected chi connectivity index (χ0v) is 11.3. The number of nitrogens with two attached hydrogens (primary N) is 1. The fraction of sp³-hybridized carbons (Fsp3) is 0.118. The van der Waals surface area contributed by atoms with Gasteiger partial charge in [0.2, 0.25) is 0 Å². The number of halogens is 1. The molecule has 0 radical (unpaired) electrons. The second-order valence-corrected chi connectivity index (χ2v) is 5.11. The normalized spacial score (nSPS) is 14.0. The molecule has 0 spiro atoms. The molecule has 3 N–H and O–H groups in total. The van der Waals surface area contributed by atoms with Gasteiger partial charge in [-0.05, 0) is 23.8 Å². The zero-order valence-electron chi connectivity index (χ0n) is 11.3. The summed E-state index contributed by atoms with van der Waals surface area (Å²) in [5.41, 5.74) is 6.52. The van der Waals surface area contributed by atoms with E-state index in [-0.39, 0.29) is 12.2 Å². The standard InChI is InChI=1S/C17H15FN2O/c18-14-8-6-12(7-9-14)11-17(19,21)15-5-1-3-13-4-2-10-20-16(13)15/h1-10,21H,11,19H2. The van der Waals surface area contributed by atoms with Crippen LogP contribution in [0, 0.1) is 5.82 Å². The predicted molar refractivity (Wildman–Crippen MR) is 79.9 cm³/mol. The molecule has 1 unspecified atom stereocenters. The average molecular weight is 282 g/mol. The largest absolute Gasteiger partial charge is 0.371 e. The Morgan fingerprint density at radius 1 is 1.05 bits per heavy atom. The summed E-state index contributed by atoms with van der Waals surface area (Å²) in [5, 5.41) is 11.6. The molecule has 0 amide bonds. The molecule has 0 fully saturated rings. The molecule has 3 nitrogen and oxygen atoms in total. The summed E-state index contributed by atoms with van der Waals surface area (Å²) in [6.07, 6.45) is 1.85. The van der Waals surface area contributed by atoms with Gasteiger partial charge in [-0.1, -0.05) is 36.4 Å². The molecule has 1 atom stereocenters. The summed E-state index contributed by atoms with van der Waals surface area (Å²) in [7, 11) is 0. The maximum absolute atomic E-state index is 12.9. The van der Waals surface area contributed by atoms with Crippen LogP contribution in [-0.2, 0) is 12.1 Å².